The van der Waals surface area contributed by atoms with Crippen LogP contribution in [0.25, 0.3) is 0 Å². The molecule has 2 aromatic rings. The van der Waals surface area contributed by atoms with Gasteiger partial charge in [0.05, 0.1) is 6.04 Å². The van der Waals surface area contributed by atoms with Gasteiger partial charge in [-0.25, -0.2) is 0 Å². The number of nitrogens with one attached hydrogen (secondary N) is 2. The van der Waals surface area contributed by atoms with Crippen LogP contribution in [0.3, 0.4) is 0 Å². The third kappa shape index (κ3) is 6.31. The summed E-state index contributed by atoms with van der Waals surface area (Å²) in [6.07, 6.45) is 0. The lowest BCUT2D eigenvalue weighted by atomic mass is 10.0. The molecule has 0 aromatic heterocycles. The Bertz CT molecular complexity index is 914. The first-order valence-corrected chi connectivity index (χ1v) is 11.1. The second-order valence-corrected chi connectivity index (χ2v) is 8.88. The summed E-state index contributed by atoms with van der Waals surface area (Å²) in [4.78, 5) is 31.8. The first-order valence-electron chi connectivity index (χ1n) is 11.1. The van der Waals surface area contributed by atoms with Crippen molar-refractivity contribution in [2.75, 3.05) is 64.1 Å². The molecule has 0 aliphatic carbocycles. The van der Waals surface area contributed by atoms with Crippen molar-refractivity contribution >= 4 is 23.2 Å². The van der Waals surface area contributed by atoms with Gasteiger partial charge in [0.15, 0.2) is 0 Å². The monoisotopic (exact) mass is 437 g/mol. The largest absolute Gasteiger partial charge is 0.378 e. The van der Waals surface area contributed by atoms with Gasteiger partial charge in [0.2, 0.25) is 0 Å². The van der Waals surface area contributed by atoms with Crippen molar-refractivity contribution < 1.29 is 9.59 Å². The predicted molar refractivity (Wildman–Crippen MR) is 130 cm³/mol. The van der Waals surface area contributed by atoms with E-state index in [0.717, 1.165) is 48.6 Å². The Hall–Kier alpha value is -2.90. The summed E-state index contributed by atoms with van der Waals surface area (Å²) in [5.74, 6) is -1.26. The van der Waals surface area contributed by atoms with Gasteiger partial charge in [-0.1, -0.05) is 18.2 Å². The number of hydrogen-bond acceptors (Lipinski definition) is 5. The SMILES string of the molecule is Cc1cc(C)cc(NC(=O)C(=O)NC[C@@H](c2ccc(N(C)C)cc2)N2CCN(C)CC2)c1. The van der Waals surface area contributed by atoms with Gasteiger partial charge in [0.1, 0.15) is 0 Å². The van der Waals surface area contributed by atoms with E-state index in [1.807, 2.05) is 46.1 Å². The first kappa shape index (κ1) is 23.8. The van der Waals surface area contributed by atoms with E-state index in [-0.39, 0.29) is 6.04 Å². The van der Waals surface area contributed by atoms with E-state index in [2.05, 4.69) is 56.6 Å². The second-order valence-electron chi connectivity index (χ2n) is 8.88. The van der Waals surface area contributed by atoms with Crippen LogP contribution in [0.4, 0.5) is 11.4 Å². The highest BCUT2D eigenvalue weighted by atomic mass is 16.2. The van der Waals surface area contributed by atoms with Gasteiger partial charge in [-0.3, -0.25) is 14.5 Å². The number of nitrogens with zero attached hydrogens (tertiary/aromatic N) is 3. The topological polar surface area (TPSA) is 67.9 Å². The minimum atomic E-state index is -0.643. The number of benzene rings is 2. The van der Waals surface area contributed by atoms with E-state index >= 15 is 0 Å². The minimum absolute atomic E-state index is 0.0119. The zero-order valence-electron chi connectivity index (χ0n) is 19.8. The van der Waals surface area contributed by atoms with E-state index in [9.17, 15) is 9.59 Å². The van der Waals surface area contributed by atoms with Crippen molar-refractivity contribution in [1.29, 1.82) is 0 Å². The van der Waals surface area contributed by atoms with Crippen LogP contribution in [0.15, 0.2) is 42.5 Å². The summed E-state index contributed by atoms with van der Waals surface area (Å²) >= 11 is 0. The van der Waals surface area contributed by atoms with Gasteiger partial charge in [-0.05, 0) is 61.9 Å². The maximum Gasteiger partial charge on any atom is 0.313 e. The van der Waals surface area contributed by atoms with Crippen molar-refractivity contribution in [3.63, 3.8) is 0 Å². The Balaban J connectivity index is 1.68. The summed E-state index contributed by atoms with van der Waals surface area (Å²) in [6.45, 7) is 8.10. The zero-order valence-corrected chi connectivity index (χ0v) is 19.8. The van der Waals surface area contributed by atoms with Gasteiger partial charge in [-0.2, -0.15) is 0 Å². The lowest BCUT2D eigenvalue weighted by molar-refractivity contribution is -0.136. The van der Waals surface area contributed by atoms with Crippen molar-refractivity contribution in [2.45, 2.75) is 19.9 Å². The maximum atomic E-state index is 12.6. The molecule has 0 unspecified atom stereocenters. The molecule has 172 valence electrons. The fraction of sp³-hybridized carbons (Fsp3) is 0.440. The minimum Gasteiger partial charge on any atom is -0.378 e. The molecule has 1 heterocycles. The molecule has 1 atom stereocenters. The van der Waals surface area contributed by atoms with Crippen LogP contribution in [0, 0.1) is 13.8 Å². The first-order chi connectivity index (χ1) is 15.2. The summed E-state index contributed by atoms with van der Waals surface area (Å²) in [5, 5.41) is 5.58. The van der Waals surface area contributed by atoms with E-state index in [4.69, 9.17) is 0 Å². The Morgan fingerprint density at radius 2 is 1.53 bits per heavy atom. The van der Waals surface area contributed by atoms with Crippen LogP contribution in [0.2, 0.25) is 0 Å². The lowest BCUT2D eigenvalue weighted by Gasteiger charge is -2.38. The molecule has 3 rings (SSSR count). The van der Waals surface area contributed by atoms with Crippen LogP contribution < -0.4 is 15.5 Å². The summed E-state index contributed by atoms with van der Waals surface area (Å²) in [6, 6.07) is 14.2. The highest BCUT2D eigenvalue weighted by Gasteiger charge is 2.25. The van der Waals surface area contributed by atoms with Crippen LogP contribution in [-0.2, 0) is 9.59 Å². The average molecular weight is 438 g/mol. The predicted octanol–water partition coefficient (Wildman–Crippen LogP) is 2.41. The lowest BCUT2D eigenvalue weighted by Crippen LogP contribution is -2.49. The number of carbonyl (C=O) groups excluding carboxylic acids is 2. The quantitative estimate of drug-likeness (QED) is 0.680. The molecule has 1 saturated heterocycles. The van der Waals surface area contributed by atoms with Gasteiger partial charge in [0.25, 0.3) is 0 Å². The number of aryl methyl sites for hydroxylation is 2. The van der Waals surface area contributed by atoms with Crippen LogP contribution in [0.1, 0.15) is 22.7 Å². The van der Waals surface area contributed by atoms with Crippen molar-refractivity contribution in [3.8, 4) is 0 Å². The van der Waals surface area contributed by atoms with Crippen LogP contribution in [0.5, 0.6) is 0 Å². The summed E-state index contributed by atoms with van der Waals surface area (Å²) in [5.41, 5.74) is 4.98. The fourth-order valence-corrected chi connectivity index (χ4v) is 4.09. The molecule has 1 aliphatic rings. The highest BCUT2D eigenvalue weighted by molar-refractivity contribution is 6.39. The number of anilines is 2. The van der Waals surface area contributed by atoms with E-state index in [1.165, 1.54) is 0 Å². The summed E-state index contributed by atoms with van der Waals surface area (Å²) in [7, 11) is 6.15. The highest BCUT2D eigenvalue weighted by Crippen LogP contribution is 2.24. The van der Waals surface area contributed by atoms with Crippen LogP contribution in [-0.4, -0.2) is 75.5 Å². The maximum absolute atomic E-state index is 12.6. The molecule has 1 fully saturated rings. The molecule has 2 aromatic carbocycles. The molecule has 0 bridgehead atoms. The van der Waals surface area contributed by atoms with Gasteiger partial charge in [0, 0.05) is 58.2 Å². The number of amides is 2. The molecule has 0 saturated carbocycles. The average Bonchev–Trinajstić information content (AvgIpc) is 2.74. The molecule has 7 heteroatoms. The molecule has 2 N–H and O–H groups in total. The number of likely N-dealkylation sites (N-methyl/N-ethyl adjacent to an activating group) is 1. The van der Waals surface area contributed by atoms with Crippen molar-refractivity contribution in [3.05, 3.63) is 59.2 Å². The molecule has 1 aliphatic heterocycles. The molecule has 7 nitrogen and oxygen atoms in total. The Labute approximate surface area is 191 Å². The normalized spacial score (nSPS) is 15.8. The number of piperazine rings is 1. The third-order valence-electron chi connectivity index (χ3n) is 5.91. The zero-order chi connectivity index (χ0) is 23.3. The molecular formula is C25H35N5O2. The van der Waals surface area contributed by atoms with E-state index < -0.39 is 11.8 Å². The Morgan fingerprint density at radius 3 is 2.09 bits per heavy atom. The fourth-order valence-electron chi connectivity index (χ4n) is 4.09. The van der Waals surface area contributed by atoms with Crippen LogP contribution >= 0.6 is 0 Å². The third-order valence-corrected chi connectivity index (χ3v) is 5.91. The van der Waals surface area contributed by atoms with Gasteiger partial charge >= 0.3 is 11.8 Å². The second kappa shape index (κ2) is 10.6. The van der Waals surface area contributed by atoms with E-state index in [1.54, 1.807) is 0 Å². The van der Waals surface area contributed by atoms with Crippen molar-refractivity contribution in [2.24, 2.45) is 0 Å². The number of hydrogen-bond donors (Lipinski definition) is 2. The van der Waals surface area contributed by atoms with Gasteiger partial charge < -0.3 is 20.4 Å². The smallest absolute Gasteiger partial charge is 0.313 e. The Kier molecular flexibility index (Phi) is 7.88. The van der Waals surface area contributed by atoms with Gasteiger partial charge in [-0.15, -0.1) is 0 Å². The Morgan fingerprint density at radius 1 is 0.938 bits per heavy atom. The van der Waals surface area contributed by atoms with Crippen molar-refractivity contribution in [1.82, 2.24) is 15.1 Å². The number of carbonyl (C=O) groups is 2. The molecule has 2 amide bonds. The molecular weight excluding hydrogens is 402 g/mol. The molecule has 0 radical (unpaired) electrons. The number of rotatable bonds is 6. The standard InChI is InChI=1S/C25H35N5O2/c1-18-14-19(2)16-21(15-18)27-25(32)24(31)26-17-23(30-12-10-29(5)11-13-30)20-6-8-22(9-7-20)28(3)4/h6-9,14-16,23H,10-13,17H2,1-5H3,(H,26,31)(H,27,32)/t23-/m0/s1. The van der Waals surface area contributed by atoms with E-state index in [0.29, 0.717) is 12.2 Å². The summed E-state index contributed by atoms with van der Waals surface area (Å²) < 4.78 is 0. The molecule has 32 heavy (non-hydrogen) atoms. The molecule has 0 spiro atoms.